The van der Waals surface area contributed by atoms with Gasteiger partial charge in [0.25, 0.3) is 0 Å². The number of carbonyl (C=O) groups is 2. The van der Waals surface area contributed by atoms with E-state index < -0.39 is 0 Å². The Bertz CT molecular complexity index is 326. The van der Waals surface area contributed by atoms with Crippen LogP contribution in [0.15, 0.2) is 0 Å². The highest BCUT2D eigenvalue weighted by Gasteiger charge is 2.40. The summed E-state index contributed by atoms with van der Waals surface area (Å²) in [6.45, 7) is 9.53. The molecular formula is C13H25N3O2. The van der Waals surface area contributed by atoms with Crippen molar-refractivity contribution in [1.82, 2.24) is 15.1 Å². The Morgan fingerprint density at radius 1 is 1.44 bits per heavy atom. The predicted octanol–water partition coefficient (Wildman–Crippen LogP) is 0.454. The van der Waals surface area contributed by atoms with Gasteiger partial charge < -0.3 is 15.1 Å². The standard InChI is InChI=1S/C13H25N3O2/c1-10(2)16-12(18)8-15(9-13(16,3)4)11(17)6-7-14-5/h10,14H,6-9H2,1-5H3. The summed E-state index contributed by atoms with van der Waals surface area (Å²) in [4.78, 5) is 27.7. The first-order valence-corrected chi connectivity index (χ1v) is 6.54. The van der Waals surface area contributed by atoms with Crippen LogP contribution in [0.3, 0.4) is 0 Å². The van der Waals surface area contributed by atoms with Crippen LogP contribution in [0.5, 0.6) is 0 Å². The van der Waals surface area contributed by atoms with Crippen molar-refractivity contribution in [3.05, 3.63) is 0 Å². The fourth-order valence-corrected chi connectivity index (χ4v) is 2.73. The maximum atomic E-state index is 12.2. The van der Waals surface area contributed by atoms with E-state index in [-0.39, 0.29) is 29.9 Å². The molecule has 1 saturated heterocycles. The number of piperazine rings is 1. The van der Waals surface area contributed by atoms with Crippen LogP contribution in [0.1, 0.15) is 34.1 Å². The van der Waals surface area contributed by atoms with E-state index in [1.165, 1.54) is 0 Å². The molecule has 2 amide bonds. The number of hydrogen-bond acceptors (Lipinski definition) is 3. The molecule has 0 aromatic rings. The summed E-state index contributed by atoms with van der Waals surface area (Å²) in [7, 11) is 1.82. The number of hydrogen-bond donors (Lipinski definition) is 1. The third kappa shape index (κ3) is 3.22. The second-order valence-corrected chi connectivity index (χ2v) is 5.77. The van der Waals surface area contributed by atoms with Gasteiger partial charge in [0, 0.05) is 25.6 Å². The molecule has 5 nitrogen and oxygen atoms in total. The summed E-state index contributed by atoms with van der Waals surface area (Å²) in [6, 6.07) is 0.169. The average molecular weight is 255 g/mol. The lowest BCUT2D eigenvalue weighted by Gasteiger charge is -2.48. The molecule has 0 aliphatic carbocycles. The van der Waals surface area contributed by atoms with Crippen LogP contribution in [0.4, 0.5) is 0 Å². The van der Waals surface area contributed by atoms with Gasteiger partial charge in [-0.05, 0) is 34.7 Å². The van der Waals surface area contributed by atoms with Crippen LogP contribution in [0, 0.1) is 0 Å². The molecule has 1 heterocycles. The molecule has 1 N–H and O–H groups in total. The van der Waals surface area contributed by atoms with Gasteiger partial charge in [-0.15, -0.1) is 0 Å². The first-order chi connectivity index (χ1) is 8.29. The minimum Gasteiger partial charge on any atom is -0.332 e. The molecular weight excluding hydrogens is 230 g/mol. The molecule has 0 aromatic heterocycles. The predicted molar refractivity (Wildman–Crippen MR) is 71.2 cm³/mol. The second kappa shape index (κ2) is 5.69. The molecule has 0 spiro atoms. The summed E-state index contributed by atoms with van der Waals surface area (Å²) in [5.41, 5.74) is -0.293. The van der Waals surface area contributed by atoms with Gasteiger partial charge in [0.2, 0.25) is 11.8 Å². The minimum absolute atomic E-state index is 0.0408. The number of rotatable bonds is 4. The van der Waals surface area contributed by atoms with E-state index in [1.807, 2.05) is 39.6 Å². The summed E-state index contributed by atoms with van der Waals surface area (Å²) in [5, 5.41) is 2.95. The Hall–Kier alpha value is -1.10. The molecule has 0 unspecified atom stereocenters. The Morgan fingerprint density at radius 2 is 2.06 bits per heavy atom. The van der Waals surface area contributed by atoms with Gasteiger partial charge in [0.1, 0.15) is 0 Å². The topological polar surface area (TPSA) is 52.7 Å². The zero-order valence-corrected chi connectivity index (χ0v) is 12.1. The fraction of sp³-hybridized carbons (Fsp3) is 0.846. The maximum absolute atomic E-state index is 12.2. The molecule has 18 heavy (non-hydrogen) atoms. The molecule has 1 fully saturated rings. The molecule has 0 bridgehead atoms. The number of carbonyl (C=O) groups excluding carboxylic acids is 2. The van der Waals surface area contributed by atoms with Gasteiger partial charge in [-0.3, -0.25) is 9.59 Å². The largest absolute Gasteiger partial charge is 0.332 e. The van der Waals surface area contributed by atoms with Gasteiger partial charge in [0.15, 0.2) is 0 Å². The van der Waals surface area contributed by atoms with E-state index in [2.05, 4.69) is 5.32 Å². The number of amides is 2. The van der Waals surface area contributed by atoms with Crippen LogP contribution in [0.2, 0.25) is 0 Å². The van der Waals surface area contributed by atoms with Gasteiger partial charge in [-0.1, -0.05) is 0 Å². The van der Waals surface area contributed by atoms with E-state index in [0.29, 0.717) is 19.5 Å². The Morgan fingerprint density at radius 3 is 2.50 bits per heavy atom. The average Bonchev–Trinajstić information content (AvgIpc) is 2.22. The van der Waals surface area contributed by atoms with Gasteiger partial charge >= 0.3 is 0 Å². The second-order valence-electron chi connectivity index (χ2n) is 5.77. The smallest absolute Gasteiger partial charge is 0.242 e. The van der Waals surface area contributed by atoms with Crippen LogP contribution in [-0.2, 0) is 9.59 Å². The molecule has 1 aliphatic rings. The first-order valence-electron chi connectivity index (χ1n) is 6.54. The monoisotopic (exact) mass is 255 g/mol. The molecule has 0 aromatic carbocycles. The van der Waals surface area contributed by atoms with Crippen molar-refractivity contribution < 1.29 is 9.59 Å². The van der Waals surface area contributed by atoms with E-state index >= 15 is 0 Å². The van der Waals surface area contributed by atoms with E-state index in [9.17, 15) is 9.59 Å². The van der Waals surface area contributed by atoms with Crippen molar-refractivity contribution in [2.75, 3.05) is 26.7 Å². The SMILES string of the molecule is CNCCC(=O)N1CC(=O)N(C(C)C)C(C)(C)C1. The number of nitrogens with zero attached hydrogens (tertiary/aromatic N) is 2. The lowest BCUT2D eigenvalue weighted by atomic mass is 9.96. The molecule has 0 atom stereocenters. The lowest BCUT2D eigenvalue weighted by Crippen LogP contribution is -2.65. The molecule has 1 aliphatic heterocycles. The van der Waals surface area contributed by atoms with Gasteiger partial charge in [-0.25, -0.2) is 0 Å². The summed E-state index contributed by atoms with van der Waals surface area (Å²) >= 11 is 0. The summed E-state index contributed by atoms with van der Waals surface area (Å²) in [6.07, 6.45) is 0.446. The molecule has 104 valence electrons. The third-order valence-electron chi connectivity index (χ3n) is 3.28. The van der Waals surface area contributed by atoms with Crippen molar-refractivity contribution in [3.63, 3.8) is 0 Å². The van der Waals surface area contributed by atoms with Crippen LogP contribution < -0.4 is 5.32 Å². The van der Waals surface area contributed by atoms with E-state index in [0.717, 1.165) is 0 Å². The third-order valence-corrected chi connectivity index (χ3v) is 3.28. The van der Waals surface area contributed by atoms with Gasteiger partial charge in [-0.2, -0.15) is 0 Å². The lowest BCUT2D eigenvalue weighted by molar-refractivity contribution is -0.155. The minimum atomic E-state index is -0.293. The molecule has 0 radical (unpaired) electrons. The van der Waals surface area contributed by atoms with Crippen molar-refractivity contribution in [1.29, 1.82) is 0 Å². The van der Waals surface area contributed by atoms with Crippen molar-refractivity contribution in [3.8, 4) is 0 Å². The zero-order valence-electron chi connectivity index (χ0n) is 12.1. The van der Waals surface area contributed by atoms with Crippen LogP contribution in [-0.4, -0.2) is 59.9 Å². The Labute approximate surface area is 110 Å². The first kappa shape index (κ1) is 15.0. The van der Waals surface area contributed by atoms with Crippen LogP contribution >= 0.6 is 0 Å². The maximum Gasteiger partial charge on any atom is 0.242 e. The zero-order chi connectivity index (χ0) is 13.9. The summed E-state index contributed by atoms with van der Waals surface area (Å²) < 4.78 is 0. The van der Waals surface area contributed by atoms with Crippen LogP contribution in [0.25, 0.3) is 0 Å². The van der Waals surface area contributed by atoms with Crippen molar-refractivity contribution in [2.45, 2.75) is 45.7 Å². The van der Waals surface area contributed by atoms with E-state index in [4.69, 9.17) is 0 Å². The Kier molecular flexibility index (Phi) is 4.73. The number of nitrogens with one attached hydrogen (secondary N) is 1. The molecule has 1 rings (SSSR count). The fourth-order valence-electron chi connectivity index (χ4n) is 2.73. The highest BCUT2D eigenvalue weighted by Crippen LogP contribution is 2.24. The quantitative estimate of drug-likeness (QED) is 0.794. The Balaban J connectivity index is 2.75. The van der Waals surface area contributed by atoms with Gasteiger partial charge in [0.05, 0.1) is 12.1 Å². The summed E-state index contributed by atoms with van der Waals surface area (Å²) in [5.74, 6) is 0.0910. The highest BCUT2D eigenvalue weighted by molar-refractivity contribution is 5.87. The molecule has 5 heteroatoms. The van der Waals surface area contributed by atoms with E-state index in [1.54, 1.807) is 4.90 Å². The normalized spacial score (nSPS) is 19.6. The van der Waals surface area contributed by atoms with Crippen molar-refractivity contribution in [2.24, 2.45) is 0 Å². The molecule has 0 saturated carbocycles. The highest BCUT2D eigenvalue weighted by atomic mass is 16.2. The van der Waals surface area contributed by atoms with Crippen molar-refractivity contribution >= 4 is 11.8 Å².